The number of carbonyl (C=O) groups is 3. The van der Waals surface area contributed by atoms with Crippen LogP contribution < -0.4 is 5.32 Å². The zero-order valence-corrected chi connectivity index (χ0v) is 18.7. The number of nitrogens with zero attached hydrogens (tertiary/aromatic N) is 3. The minimum absolute atomic E-state index is 0.0152. The lowest BCUT2D eigenvalue weighted by atomic mass is 10.1. The summed E-state index contributed by atoms with van der Waals surface area (Å²) in [7, 11) is -3.19. The highest BCUT2D eigenvalue weighted by atomic mass is 32.2. The molecule has 0 aliphatic carbocycles. The molecule has 0 bridgehead atoms. The molecule has 10 heteroatoms. The van der Waals surface area contributed by atoms with Crippen molar-refractivity contribution in [3.05, 3.63) is 29.8 Å². The Morgan fingerprint density at radius 2 is 2.00 bits per heavy atom. The van der Waals surface area contributed by atoms with E-state index in [1.165, 1.54) is 9.91 Å². The van der Waals surface area contributed by atoms with E-state index in [4.69, 9.17) is 0 Å². The second kappa shape index (κ2) is 9.59. The minimum Gasteiger partial charge on any atom is -0.328 e. The average molecular weight is 449 g/mol. The van der Waals surface area contributed by atoms with Crippen molar-refractivity contribution in [2.75, 3.05) is 29.9 Å². The molecule has 168 valence electrons. The van der Waals surface area contributed by atoms with Gasteiger partial charge >= 0.3 is 0 Å². The summed E-state index contributed by atoms with van der Waals surface area (Å²) in [6, 6.07) is 6.84. The number of sulfone groups is 1. The number of benzene rings is 1. The van der Waals surface area contributed by atoms with Gasteiger partial charge in [0.2, 0.25) is 11.8 Å². The molecule has 1 fully saturated rings. The maximum Gasteiger partial charge on any atom is 0.270 e. The van der Waals surface area contributed by atoms with Crippen LogP contribution in [-0.2, 0) is 24.2 Å². The second-order valence-corrected chi connectivity index (χ2v) is 10.2. The first kappa shape index (κ1) is 22.9. The lowest BCUT2D eigenvalue weighted by Crippen LogP contribution is -2.47. The van der Waals surface area contributed by atoms with Crippen molar-refractivity contribution in [2.24, 2.45) is 5.10 Å². The summed E-state index contributed by atoms with van der Waals surface area (Å²) >= 11 is 0. The van der Waals surface area contributed by atoms with Crippen molar-refractivity contribution in [1.29, 1.82) is 0 Å². The lowest BCUT2D eigenvalue weighted by molar-refractivity contribution is -0.134. The molecule has 3 rings (SSSR count). The predicted octanol–water partition coefficient (Wildman–Crippen LogP) is 1.34. The van der Waals surface area contributed by atoms with Gasteiger partial charge in [-0.2, -0.15) is 5.10 Å². The molecule has 1 unspecified atom stereocenters. The smallest absolute Gasteiger partial charge is 0.270 e. The van der Waals surface area contributed by atoms with E-state index in [2.05, 4.69) is 10.4 Å². The van der Waals surface area contributed by atoms with Crippen LogP contribution in [0.1, 0.15) is 38.2 Å². The van der Waals surface area contributed by atoms with Gasteiger partial charge in [0.05, 0.1) is 17.5 Å². The predicted molar refractivity (Wildman–Crippen MR) is 117 cm³/mol. The van der Waals surface area contributed by atoms with Gasteiger partial charge in [0, 0.05) is 25.1 Å². The number of rotatable bonds is 7. The fourth-order valence-corrected chi connectivity index (χ4v) is 5.45. The number of hydrazone groups is 1. The molecule has 2 heterocycles. The lowest BCUT2D eigenvalue weighted by Gasteiger charge is -2.29. The van der Waals surface area contributed by atoms with E-state index in [1.807, 2.05) is 32.0 Å². The Kier molecular flexibility index (Phi) is 7.09. The number of amides is 3. The minimum atomic E-state index is -3.19. The van der Waals surface area contributed by atoms with E-state index >= 15 is 0 Å². The number of nitrogens with one attached hydrogen (secondary N) is 1. The Morgan fingerprint density at radius 1 is 1.26 bits per heavy atom. The molecule has 1 atom stereocenters. The van der Waals surface area contributed by atoms with Crippen molar-refractivity contribution < 1.29 is 22.8 Å². The fraction of sp³-hybridized carbons (Fsp3) is 0.524. The maximum atomic E-state index is 13.1. The van der Waals surface area contributed by atoms with Gasteiger partial charge in [0.15, 0.2) is 9.84 Å². The third kappa shape index (κ3) is 5.69. The first-order valence-electron chi connectivity index (χ1n) is 10.4. The molecule has 9 nitrogen and oxygen atoms in total. The van der Waals surface area contributed by atoms with Crippen LogP contribution in [0.25, 0.3) is 0 Å². The maximum absolute atomic E-state index is 13.1. The van der Waals surface area contributed by atoms with Crippen molar-refractivity contribution >= 4 is 39.0 Å². The SMILES string of the molecule is CCCN(CC(=O)Nc1ccccc1C)C(=O)C1=NN(C2CCS(=O)(=O)C2)C(=O)CC1. The number of carbonyl (C=O) groups excluding carboxylic acids is 3. The molecule has 0 saturated carbocycles. The molecule has 1 saturated heterocycles. The first-order valence-corrected chi connectivity index (χ1v) is 12.3. The van der Waals surface area contributed by atoms with E-state index in [1.54, 1.807) is 6.07 Å². The van der Waals surface area contributed by atoms with Gasteiger partial charge in [-0.1, -0.05) is 25.1 Å². The molecular weight excluding hydrogens is 420 g/mol. The number of aryl methyl sites for hydroxylation is 1. The van der Waals surface area contributed by atoms with Crippen LogP contribution in [0.2, 0.25) is 0 Å². The summed E-state index contributed by atoms with van der Waals surface area (Å²) in [5.74, 6) is -1.12. The van der Waals surface area contributed by atoms with Gasteiger partial charge in [-0.05, 0) is 31.4 Å². The van der Waals surface area contributed by atoms with Gasteiger partial charge in [0.1, 0.15) is 12.3 Å². The molecule has 1 aromatic rings. The highest BCUT2D eigenvalue weighted by Crippen LogP contribution is 2.22. The average Bonchev–Trinajstić information content (AvgIpc) is 3.09. The third-order valence-corrected chi connectivity index (χ3v) is 7.15. The largest absolute Gasteiger partial charge is 0.328 e. The summed E-state index contributed by atoms with van der Waals surface area (Å²) in [5, 5.41) is 8.22. The van der Waals surface area contributed by atoms with Crippen molar-refractivity contribution in [3.63, 3.8) is 0 Å². The molecule has 2 aliphatic rings. The Hall–Kier alpha value is -2.75. The molecule has 2 aliphatic heterocycles. The fourth-order valence-electron chi connectivity index (χ4n) is 3.76. The molecule has 1 aromatic carbocycles. The Morgan fingerprint density at radius 3 is 2.65 bits per heavy atom. The zero-order valence-electron chi connectivity index (χ0n) is 17.8. The van der Waals surface area contributed by atoms with Crippen molar-refractivity contribution in [1.82, 2.24) is 9.91 Å². The number of para-hydroxylation sites is 1. The standard InChI is InChI=1S/C21H28N4O5S/c1-3-11-24(13-19(26)22-17-7-5-4-6-15(17)2)21(28)18-8-9-20(27)25(23-18)16-10-12-31(29,30)14-16/h4-7,16H,3,8-14H2,1-2H3,(H,22,26). The molecule has 31 heavy (non-hydrogen) atoms. The van der Waals surface area contributed by atoms with Crippen LogP contribution in [-0.4, -0.2) is 72.4 Å². The van der Waals surface area contributed by atoms with E-state index in [0.717, 1.165) is 5.56 Å². The molecular formula is C21H28N4O5S. The third-order valence-electron chi connectivity index (χ3n) is 5.40. The van der Waals surface area contributed by atoms with Gasteiger partial charge < -0.3 is 10.2 Å². The van der Waals surface area contributed by atoms with E-state index in [9.17, 15) is 22.8 Å². The van der Waals surface area contributed by atoms with Gasteiger partial charge in [-0.25, -0.2) is 13.4 Å². The van der Waals surface area contributed by atoms with Crippen LogP contribution in [0.3, 0.4) is 0 Å². The summed E-state index contributed by atoms with van der Waals surface area (Å²) < 4.78 is 23.6. The van der Waals surface area contributed by atoms with Gasteiger partial charge in [-0.15, -0.1) is 0 Å². The molecule has 1 N–H and O–H groups in total. The number of hydrogen-bond donors (Lipinski definition) is 1. The summed E-state index contributed by atoms with van der Waals surface area (Å²) in [6.07, 6.45) is 1.24. The summed E-state index contributed by atoms with van der Waals surface area (Å²) in [6.45, 7) is 4.02. The van der Waals surface area contributed by atoms with E-state index in [-0.39, 0.29) is 48.4 Å². The van der Waals surface area contributed by atoms with Crippen molar-refractivity contribution in [3.8, 4) is 0 Å². The quantitative estimate of drug-likeness (QED) is 0.676. The Labute approximate surface area is 182 Å². The van der Waals surface area contributed by atoms with Crippen LogP contribution in [0.5, 0.6) is 0 Å². The Balaban J connectivity index is 1.72. The van der Waals surface area contributed by atoms with Gasteiger partial charge in [0.25, 0.3) is 5.91 Å². The van der Waals surface area contributed by atoms with Crippen molar-refractivity contribution in [2.45, 2.75) is 45.6 Å². The molecule has 0 aromatic heterocycles. The zero-order chi connectivity index (χ0) is 22.6. The second-order valence-electron chi connectivity index (χ2n) is 7.93. The number of hydrogen-bond acceptors (Lipinski definition) is 6. The molecule has 0 radical (unpaired) electrons. The van der Waals surface area contributed by atoms with Crippen LogP contribution in [0.15, 0.2) is 29.4 Å². The van der Waals surface area contributed by atoms with E-state index < -0.39 is 21.8 Å². The monoisotopic (exact) mass is 448 g/mol. The first-order chi connectivity index (χ1) is 14.7. The molecule has 3 amide bonds. The summed E-state index contributed by atoms with van der Waals surface area (Å²) in [4.78, 5) is 39.4. The highest BCUT2D eigenvalue weighted by molar-refractivity contribution is 7.91. The normalized spacial score (nSPS) is 20.3. The van der Waals surface area contributed by atoms with Crippen LogP contribution in [0, 0.1) is 6.92 Å². The summed E-state index contributed by atoms with van der Waals surface area (Å²) in [5.41, 5.74) is 1.79. The Bertz CT molecular complexity index is 1000. The topological polar surface area (TPSA) is 116 Å². The highest BCUT2D eigenvalue weighted by Gasteiger charge is 2.38. The van der Waals surface area contributed by atoms with Crippen LogP contribution in [0.4, 0.5) is 5.69 Å². The van der Waals surface area contributed by atoms with Crippen LogP contribution >= 0.6 is 0 Å². The van der Waals surface area contributed by atoms with Gasteiger partial charge in [-0.3, -0.25) is 14.4 Å². The van der Waals surface area contributed by atoms with E-state index in [0.29, 0.717) is 25.1 Å². The molecule has 0 spiro atoms. The number of anilines is 1.